The van der Waals surface area contributed by atoms with Gasteiger partial charge in [-0.3, -0.25) is 9.59 Å². The Labute approximate surface area is 179 Å². The quantitative estimate of drug-likeness (QED) is 0.654. The molecule has 0 fully saturated rings. The zero-order valence-corrected chi connectivity index (χ0v) is 18.0. The van der Waals surface area contributed by atoms with E-state index in [1.165, 1.54) is 12.0 Å². The molecule has 2 heterocycles. The molecule has 1 aromatic heterocycles. The fraction of sp³-hybridized carbons (Fsp3) is 0.333. The maximum absolute atomic E-state index is 13.6. The van der Waals surface area contributed by atoms with Crippen molar-refractivity contribution in [3.05, 3.63) is 68.6 Å². The van der Waals surface area contributed by atoms with Crippen LogP contribution in [-0.2, 0) is 0 Å². The van der Waals surface area contributed by atoms with Gasteiger partial charge in [-0.05, 0) is 55.7 Å². The second kappa shape index (κ2) is 8.07. The molecule has 0 radical (unpaired) electrons. The fourth-order valence-corrected chi connectivity index (χ4v) is 4.29. The third-order valence-corrected chi connectivity index (χ3v) is 5.54. The van der Waals surface area contributed by atoms with E-state index >= 15 is 0 Å². The Morgan fingerprint density at radius 1 is 1.13 bits per heavy atom. The zero-order chi connectivity index (χ0) is 22.3. The number of benzene rings is 2. The van der Waals surface area contributed by atoms with Crippen LogP contribution < -0.4 is 14.9 Å². The summed E-state index contributed by atoms with van der Waals surface area (Å²) in [7, 11) is 1.54. The molecule has 4 rings (SSSR count). The lowest BCUT2D eigenvalue weighted by molar-refractivity contribution is 0.0691. The largest absolute Gasteiger partial charge is 0.493 e. The van der Waals surface area contributed by atoms with Crippen molar-refractivity contribution in [3.63, 3.8) is 0 Å². The first kappa shape index (κ1) is 20.9. The molecular formula is C24H25NO6. The van der Waals surface area contributed by atoms with E-state index in [1.807, 2.05) is 26.8 Å². The van der Waals surface area contributed by atoms with Crippen molar-refractivity contribution in [1.82, 2.24) is 4.90 Å². The number of hydrogen-bond acceptors (Lipinski definition) is 6. The minimum absolute atomic E-state index is 0.0238. The van der Waals surface area contributed by atoms with Crippen molar-refractivity contribution in [2.24, 2.45) is 0 Å². The molecule has 162 valence electrons. The van der Waals surface area contributed by atoms with Gasteiger partial charge >= 0.3 is 0 Å². The molecule has 7 heteroatoms. The highest BCUT2D eigenvalue weighted by atomic mass is 16.5. The van der Waals surface area contributed by atoms with E-state index in [1.54, 1.807) is 24.3 Å². The number of aliphatic hydroxyl groups is 1. The van der Waals surface area contributed by atoms with Crippen LogP contribution in [-0.4, -0.2) is 42.8 Å². The molecule has 0 saturated heterocycles. The maximum atomic E-state index is 13.6. The predicted molar refractivity (Wildman–Crippen MR) is 116 cm³/mol. The second-order valence-corrected chi connectivity index (χ2v) is 7.60. The van der Waals surface area contributed by atoms with Crippen molar-refractivity contribution in [3.8, 4) is 11.5 Å². The molecule has 0 spiro atoms. The van der Waals surface area contributed by atoms with Gasteiger partial charge in [-0.1, -0.05) is 12.1 Å². The molecule has 0 unspecified atom stereocenters. The van der Waals surface area contributed by atoms with Crippen LogP contribution in [0.2, 0.25) is 0 Å². The monoisotopic (exact) mass is 423 g/mol. The number of carbonyl (C=O) groups excluding carboxylic acids is 1. The third-order valence-electron chi connectivity index (χ3n) is 5.54. The number of aryl methyl sites for hydroxylation is 2. The molecule has 7 nitrogen and oxygen atoms in total. The molecule has 1 N–H and O–H groups in total. The van der Waals surface area contributed by atoms with Gasteiger partial charge in [-0.15, -0.1) is 0 Å². The lowest BCUT2D eigenvalue weighted by Gasteiger charge is -2.25. The van der Waals surface area contributed by atoms with Gasteiger partial charge in [0.2, 0.25) is 5.76 Å². The number of amides is 1. The number of rotatable bonds is 6. The summed E-state index contributed by atoms with van der Waals surface area (Å²) in [4.78, 5) is 28.2. The number of fused-ring (bicyclic) bond motifs is 2. The molecule has 31 heavy (non-hydrogen) atoms. The second-order valence-electron chi connectivity index (χ2n) is 7.60. The summed E-state index contributed by atoms with van der Waals surface area (Å²) in [6, 6.07) is 8.32. The SMILES string of the molecule is CCOc1ccc([C@@H]2c3c(oc4c(C)cc(C)cc4c3=O)C(=O)N2CCO)cc1OC. The highest BCUT2D eigenvalue weighted by Crippen LogP contribution is 2.41. The first-order chi connectivity index (χ1) is 14.9. The third kappa shape index (κ3) is 3.35. The number of ether oxygens (including phenoxy) is 2. The smallest absolute Gasteiger partial charge is 0.290 e. The van der Waals surface area contributed by atoms with Crippen molar-refractivity contribution >= 4 is 16.9 Å². The summed E-state index contributed by atoms with van der Waals surface area (Å²) in [5.41, 5.74) is 2.86. The summed E-state index contributed by atoms with van der Waals surface area (Å²) in [5.74, 6) is 0.682. The average molecular weight is 423 g/mol. The number of methoxy groups -OCH3 is 1. The van der Waals surface area contributed by atoms with Crippen LogP contribution in [0.4, 0.5) is 0 Å². The summed E-state index contributed by atoms with van der Waals surface area (Å²) in [6.07, 6.45) is 0. The molecule has 2 aromatic carbocycles. The van der Waals surface area contributed by atoms with Crippen molar-refractivity contribution in [2.45, 2.75) is 26.8 Å². The summed E-state index contributed by atoms with van der Waals surface area (Å²) >= 11 is 0. The van der Waals surface area contributed by atoms with Crippen molar-refractivity contribution < 1.29 is 23.8 Å². The Kier molecular flexibility index (Phi) is 5.45. The van der Waals surface area contributed by atoms with Crippen molar-refractivity contribution in [2.75, 3.05) is 26.9 Å². The van der Waals surface area contributed by atoms with E-state index in [0.29, 0.717) is 34.6 Å². The van der Waals surface area contributed by atoms with E-state index < -0.39 is 11.9 Å². The molecule has 0 aliphatic carbocycles. The Hall–Kier alpha value is -3.32. The minimum Gasteiger partial charge on any atom is -0.493 e. The van der Waals surface area contributed by atoms with Crippen LogP contribution >= 0.6 is 0 Å². The number of hydrogen-bond donors (Lipinski definition) is 1. The number of nitrogens with zero attached hydrogens (tertiary/aromatic N) is 1. The highest BCUT2D eigenvalue weighted by Gasteiger charge is 2.42. The molecule has 1 aliphatic heterocycles. The van der Waals surface area contributed by atoms with Gasteiger partial charge in [0.05, 0.1) is 37.3 Å². The van der Waals surface area contributed by atoms with Gasteiger partial charge in [0.1, 0.15) is 5.58 Å². The molecule has 1 atom stereocenters. The lowest BCUT2D eigenvalue weighted by atomic mass is 9.97. The van der Waals surface area contributed by atoms with Gasteiger partial charge in [0, 0.05) is 6.54 Å². The van der Waals surface area contributed by atoms with E-state index in [2.05, 4.69) is 0 Å². The number of β-amino-alcohol motifs (C(OH)–C–C–N with tert-alkyl or cyclic N) is 1. The van der Waals surface area contributed by atoms with Gasteiger partial charge in [-0.25, -0.2) is 0 Å². The fourth-order valence-electron chi connectivity index (χ4n) is 4.29. The van der Waals surface area contributed by atoms with E-state index in [4.69, 9.17) is 13.9 Å². The number of aliphatic hydroxyl groups excluding tert-OH is 1. The van der Waals surface area contributed by atoms with Gasteiger partial charge in [0.25, 0.3) is 5.91 Å². The first-order valence-electron chi connectivity index (χ1n) is 10.2. The minimum atomic E-state index is -0.694. The van der Waals surface area contributed by atoms with Crippen molar-refractivity contribution in [1.29, 1.82) is 0 Å². The standard InChI is InChI=1S/C24H25NO6/c1-5-30-17-7-6-15(12-18(17)29-4)20-19-21(27)16-11-13(2)10-14(3)22(16)31-23(19)24(28)25(20)8-9-26/h6-7,10-12,20,26H,5,8-9H2,1-4H3/t20-/m1/s1. The highest BCUT2D eigenvalue weighted by molar-refractivity contribution is 5.99. The molecule has 0 saturated carbocycles. The number of carbonyl (C=O) groups is 1. The summed E-state index contributed by atoms with van der Waals surface area (Å²) in [5, 5.41) is 10.0. The molecule has 1 aliphatic rings. The van der Waals surface area contributed by atoms with E-state index in [9.17, 15) is 14.7 Å². The Balaban J connectivity index is 1.98. The zero-order valence-electron chi connectivity index (χ0n) is 18.0. The predicted octanol–water partition coefficient (Wildman–Crippen LogP) is 3.35. The Morgan fingerprint density at radius 3 is 2.58 bits per heavy atom. The molecule has 0 bridgehead atoms. The van der Waals surface area contributed by atoms with Crippen LogP contribution in [0.15, 0.2) is 39.5 Å². The van der Waals surface area contributed by atoms with Crippen LogP contribution in [0.25, 0.3) is 11.0 Å². The maximum Gasteiger partial charge on any atom is 0.290 e. The van der Waals surface area contributed by atoms with Gasteiger partial charge < -0.3 is 23.9 Å². The van der Waals surface area contributed by atoms with E-state index in [-0.39, 0.29) is 29.9 Å². The topological polar surface area (TPSA) is 89.2 Å². The summed E-state index contributed by atoms with van der Waals surface area (Å²) in [6.45, 7) is 5.95. The summed E-state index contributed by atoms with van der Waals surface area (Å²) < 4.78 is 17.1. The average Bonchev–Trinajstić information content (AvgIpc) is 3.02. The molecule has 1 amide bonds. The van der Waals surface area contributed by atoms with Crippen LogP contribution in [0.5, 0.6) is 11.5 Å². The van der Waals surface area contributed by atoms with Crippen LogP contribution in [0.3, 0.4) is 0 Å². The molecular weight excluding hydrogens is 398 g/mol. The van der Waals surface area contributed by atoms with Gasteiger partial charge in [-0.2, -0.15) is 0 Å². The lowest BCUT2D eigenvalue weighted by Crippen LogP contribution is -2.32. The first-order valence-corrected chi connectivity index (χ1v) is 10.2. The Morgan fingerprint density at radius 2 is 1.90 bits per heavy atom. The van der Waals surface area contributed by atoms with Gasteiger partial charge in [0.15, 0.2) is 16.9 Å². The normalized spacial score (nSPS) is 15.5. The Bertz CT molecular complexity index is 1230. The van der Waals surface area contributed by atoms with E-state index in [0.717, 1.165) is 11.1 Å². The van der Waals surface area contributed by atoms with Crippen LogP contribution in [0, 0.1) is 13.8 Å². The van der Waals surface area contributed by atoms with Crippen LogP contribution in [0.1, 0.15) is 45.8 Å². The molecule has 3 aromatic rings.